The lowest BCUT2D eigenvalue weighted by atomic mass is 9.85. The summed E-state index contributed by atoms with van der Waals surface area (Å²) in [6.07, 6.45) is 3.62. The number of hydrogen-bond donors (Lipinski definition) is 1. The van der Waals surface area contributed by atoms with Crippen molar-refractivity contribution < 1.29 is 5.11 Å². The van der Waals surface area contributed by atoms with E-state index in [-0.39, 0.29) is 6.10 Å². The topological polar surface area (TPSA) is 23.5 Å². The monoisotopic (exact) mass is 263 g/mol. The molecule has 1 rings (SSSR count). The molecular weight excluding hydrogens is 242 g/mol. The number of rotatable bonds is 3. The molecule has 0 spiro atoms. The van der Waals surface area contributed by atoms with Crippen molar-refractivity contribution in [3.05, 3.63) is 0 Å². The van der Waals surface area contributed by atoms with Gasteiger partial charge in [-0.15, -0.1) is 0 Å². The third kappa shape index (κ3) is 4.28. The number of aliphatic hydroxyl groups is 1. The Bertz CT molecular complexity index is 173. The smallest absolute Gasteiger partial charge is 0.0763 e. The minimum absolute atomic E-state index is 0.212. The van der Waals surface area contributed by atoms with Gasteiger partial charge in [-0.2, -0.15) is 0 Å². The Kier molecular flexibility index (Phi) is 4.88. The van der Waals surface area contributed by atoms with E-state index in [4.69, 9.17) is 0 Å². The number of hydrogen-bond acceptors (Lipinski definition) is 2. The van der Waals surface area contributed by atoms with E-state index in [1.807, 2.05) is 0 Å². The Hall–Kier alpha value is 0.400. The van der Waals surface area contributed by atoms with E-state index in [0.717, 1.165) is 19.6 Å². The van der Waals surface area contributed by atoms with Gasteiger partial charge in [0.1, 0.15) is 0 Å². The highest BCUT2D eigenvalue weighted by Crippen LogP contribution is 2.29. The van der Waals surface area contributed by atoms with Gasteiger partial charge in [0, 0.05) is 11.9 Å². The van der Waals surface area contributed by atoms with Crippen LogP contribution < -0.4 is 0 Å². The van der Waals surface area contributed by atoms with E-state index >= 15 is 0 Å². The Balaban J connectivity index is 2.35. The number of aliphatic hydroxyl groups excluding tert-OH is 1. The molecule has 1 atom stereocenters. The molecule has 0 amide bonds. The lowest BCUT2D eigenvalue weighted by Crippen LogP contribution is -2.34. The van der Waals surface area contributed by atoms with E-state index < -0.39 is 0 Å². The zero-order chi connectivity index (χ0) is 10.6. The predicted octanol–water partition coefficient (Wildman–Crippen LogP) is 2.25. The summed E-state index contributed by atoms with van der Waals surface area (Å²) >= 11 is 3.31. The Morgan fingerprint density at radius 2 is 2.07 bits per heavy atom. The predicted molar refractivity (Wildman–Crippen MR) is 63.9 cm³/mol. The van der Waals surface area contributed by atoms with Gasteiger partial charge in [0.25, 0.3) is 0 Å². The minimum atomic E-state index is -0.212. The second-order valence-electron chi connectivity index (χ2n) is 5.13. The molecule has 1 N–H and O–H groups in total. The van der Waals surface area contributed by atoms with Crippen LogP contribution in [0.25, 0.3) is 0 Å². The summed E-state index contributed by atoms with van der Waals surface area (Å²) < 4.78 is 0. The molecule has 0 aromatic carbocycles. The third-order valence-corrected chi connectivity index (χ3v) is 3.83. The molecule has 1 heterocycles. The fourth-order valence-corrected chi connectivity index (χ4v) is 2.21. The molecule has 0 radical (unpaired) electrons. The number of β-amino-alcohol motifs (C(OH)–C–C–N with tert-alkyl or cyclic N) is 1. The molecule has 0 aromatic heterocycles. The lowest BCUT2D eigenvalue weighted by Gasteiger charge is -2.24. The highest BCUT2D eigenvalue weighted by atomic mass is 79.9. The summed E-state index contributed by atoms with van der Waals surface area (Å²) in [5, 5.41) is 10.2. The first-order valence-electron chi connectivity index (χ1n) is 5.50. The average molecular weight is 264 g/mol. The highest BCUT2D eigenvalue weighted by Gasteiger charge is 2.23. The maximum absolute atomic E-state index is 9.54. The van der Waals surface area contributed by atoms with Gasteiger partial charge >= 0.3 is 0 Å². The van der Waals surface area contributed by atoms with Crippen LogP contribution >= 0.6 is 15.9 Å². The molecular formula is C11H22BrNO. The molecule has 0 aromatic rings. The SMILES string of the molecule is CC1(C)CCCN(CC(O)CBr)CC1. The molecule has 1 saturated heterocycles. The van der Waals surface area contributed by atoms with Crippen LogP contribution in [0.2, 0.25) is 0 Å². The van der Waals surface area contributed by atoms with Crippen molar-refractivity contribution in [1.29, 1.82) is 0 Å². The van der Waals surface area contributed by atoms with Crippen LogP contribution in [0.3, 0.4) is 0 Å². The number of nitrogens with zero attached hydrogens (tertiary/aromatic N) is 1. The molecule has 0 aliphatic carbocycles. The van der Waals surface area contributed by atoms with Crippen molar-refractivity contribution in [3.63, 3.8) is 0 Å². The molecule has 1 fully saturated rings. The summed E-state index contributed by atoms with van der Waals surface area (Å²) in [6.45, 7) is 7.79. The second kappa shape index (κ2) is 5.47. The van der Waals surface area contributed by atoms with Gasteiger partial charge in [0.05, 0.1) is 6.10 Å². The van der Waals surface area contributed by atoms with E-state index in [0.29, 0.717) is 10.7 Å². The van der Waals surface area contributed by atoms with E-state index in [9.17, 15) is 5.11 Å². The fourth-order valence-electron chi connectivity index (χ4n) is 2.01. The molecule has 0 saturated carbocycles. The molecule has 1 aliphatic heterocycles. The molecule has 0 bridgehead atoms. The molecule has 2 nitrogen and oxygen atoms in total. The molecule has 84 valence electrons. The van der Waals surface area contributed by atoms with Crippen molar-refractivity contribution in [1.82, 2.24) is 4.90 Å². The zero-order valence-corrected chi connectivity index (χ0v) is 10.9. The first-order valence-corrected chi connectivity index (χ1v) is 6.62. The van der Waals surface area contributed by atoms with Crippen molar-refractivity contribution in [2.75, 3.05) is 25.0 Å². The van der Waals surface area contributed by atoms with E-state index in [1.54, 1.807) is 0 Å². The Morgan fingerprint density at radius 3 is 2.71 bits per heavy atom. The summed E-state index contributed by atoms with van der Waals surface area (Å²) in [7, 11) is 0. The van der Waals surface area contributed by atoms with Crippen LogP contribution in [-0.4, -0.2) is 41.1 Å². The van der Waals surface area contributed by atoms with Crippen LogP contribution in [0, 0.1) is 5.41 Å². The molecule has 1 aliphatic rings. The first-order chi connectivity index (χ1) is 6.53. The van der Waals surface area contributed by atoms with Crippen molar-refractivity contribution in [2.24, 2.45) is 5.41 Å². The maximum atomic E-state index is 9.54. The number of halogens is 1. The Labute approximate surface area is 95.8 Å². The van der Waals surface area contributed by atoms with Crippen molar-refractivity contribution in [2.45, 2.75) is 39.2 Å². The Morgan fingerprint density at radius 1 is 1.36 bits per heavy atom. The summed E-state index contributed by atoms with van der Waals surface area (Å²) in [5.74, 6) is 0. The van der Waals surface area contributed by atoms with Gasteiger partial charge in [-0.25, -0.2) is 0 Å². The van der Waals surface area contributed by atoms with Crippen LogP contribution in [0.4, 0.5) is 0 Å². The number of alkyl halides is 1. The number of likely N-dealkylation sites (tertiary alicyclic amines) is 1. The van der Waals surface area contributed by atoms with Crippen LogP contribution in [0.1, 0.15) is 33.1 Å². The van der Waals surface area contributed by atoms with Crippen LogP contribution in [-0.2, 0) is 0 Å². The van der Waals surface area contributed by atoms with Crippen molar-refractivity contribution in [3.8, 4) is 0 Å². The third-order valence-electron chi connectivity index (χ3n) is 3.08. The van der Waals surface area contributed by atoms with Gasteiger partial charge in [-0.1, -0.05) is 29.8 Å². The first kappa shape index (κ1) is 12.5. The molecule has 1 unspecified atom stereocenters. The maximum Gasteiger partial charge on any atom is 0.0763 e. The summed E-state index contributed by atoms with van der Waals surface area (Å²) in [5.41, 5.74) is 0.494. The summed E-state index contributed by atoms with van der Waals surface area (Å²) in [6, 6.07) is 0. The minimum Gasteiger partial charge on any atom is -0.391 e. The average Bonchev–Trinajstić information content (AvgIpc) is 2.28. The molecule has 3 heteroatoms. The normalized spacial score (nSPS) is 25.7. The highest BCUT2D eigenvalue weighted by molar-refractivity contribution is 9.09. The van der Waals surface area contributed by atoms with Gasteiger partial charge in [0.2, 0.25) is 0 Å². The van der Waals surface area contributed by atoms with Crippen LogP contribution in [0.5, 0.6) is 0 Å². The van der Waals surface area contributed by atoms with Gasteiger partial charge in [0.15, 0.2) is 0 Å². The molecule has 14 heavy (non-hydrogen) atoms. The summed E-state index contributed by atoms with van der Waals surface area (Å²) in [4.78, 5) is 2.39. The van der Waals surface area contributed by atoms with Gasteiger partial charge in [-0.3, -0.25) is 0 Å². The quantitative estimate of drug-likeness (QED) is 0.790. The van der Waals surface area contributed by atoms with E-state index in [2.05, 4.69) is 34.7 Å². The zero-order valence-electron chi connectivity index (χ0n) is 9.30. The lowest BCUT2D eigenvalue weighted by molar-refractivity contribution is 0.131. The fraction of sp³-hybridized carbons (Fsp3) is 1.00. The largest absolute Gasteiger partial charge is 0.391 e. The standard InChI is InChI=1S/C11H22BrNO/c1-11(2)4-3-6-13(7-5-11)9-10(14)8-12/h10,14H,3-9H2,1-2H3. The van der Waals surface area contributed by atoms with Crippen LogP contribution in [0.15, 0.2) is 0 Å². The van der Waals surface area contributed by atoms with E-state index in [1.165, 1.54) is 19.3 Å². The van der Waals surface area contributed by atoms with Gasteiger partial charge < -0.3 is 10.0 Å². The van der Waals surface area contributed by atoms with Crippen molar-refractivity contribution >= 4 is 15.9 Å². The van der Waals surface area contributed by atoms with Gasteiger partial charge in [-0.05, 0) is 37.8 Å². The second-order valence-corrected chi connectivity index (χ2v) is 5.77.